The van der Waals surface area contributed by atoms with Crippen LogP contribution >= 0.6 is 0 Å². The predicted octanol–water partition coefficient (Wildman–Crippen LogP) is 3.07. The topological polar surface area (TPSA) is 35.8 Å². The SMILES string of the molecule is OC1(Cc2ccc(F)cc2)c2ccccc2C2=NCCCCN21. The molecule has 23 heavy (non-hydrogen) atoms. The Hall–Kier alpha value is -2.20. The molecule has 0 radical (unpaired) electrons. The van der Waals surface area contributed by atoms with Crippen molar-refractivity contribution in [1.29, 1.82) is 0 Å². The first-order chi connectivity index (χ1) is 11.2. The Morgan fingerprint density at radius 3 is 2.70 bits per heavy atom. The zero-order valence-corrected chi connectivity index (χ0v) is 12.9. The van der Waals surface area contributed by atoms with Crippen molar-refractivity contribution in [3.05, 3.63) is 71.0 Å². The molecular weight excluding hydrogens is 291 g/mol. The first kappa shape index (κ1) is 14.4. The highest BCUT2D eigenvalue weighted by Crippen LogP contribution is 2.40. The summed E-state index contributed by atoms with van der Waals surface area (Å²) in [5.74, 6) is 0.632. The van der Waals surface area contributed by atoms with E-state index >= 15 is 0 Å². The summed E-state index contributed by atoms with van der Waals surface area (Å²) in [6, 6.07) is 14.3. The van der Waals surface area contributed by atoms with Crippen molar-refractivity contribution in [2.45, 2.75) is 25.0 Å². The van der Waals surface area contributed by atoms with E-state index in [4.69, 9.17) is 4.99 Å². The molecule has 3 nitrogen and oxygen atoms in total. The molecule has 0 spiro atoms. The van der Waals surface area contributed by atoms with Crippen molar-refractivity contribution in [2.24, 2.45) is 4.99 Å². The summed E-state index contributed by atoms with van der Waals surface area (Å²) in [5.41, 5.74) is 1.70. The van der Waals surface area contributed by atoms with E-state index in [0.29, 0.717) is 6.42 Å². The molecule has 0 bridgehead atoms. The number of hydrogen-bond acceptors (Lipinski definition) is 3. The number of aliphatic imine (C=N–C) groups is 1. The maximum absolute atomic E-state index is 13.2. The third-order valence-electron chi connectivity index (χ3n) is 4.72. The molecule has 0 amide bonds. The van der Waals surface area contributed by atoms with Crippen LogP contribution in [0.5, 0.6) is 0 Å². The lowest BCUT2D eigenvalue weighted by Gasteiger charge is -2.35. The quantitative estimate of drug-likeness (QED) is 0.925. The van der Waals surface area contributed by atoms with Gasteiger partial charge in [-0.2, -0.15) is 0 Å². The molecule has 0 saturated carbocycles. The molecule has 0 aliphatic carbocycles. The van der Waals surface area contributed by atoms with Crippen LogP contribution in [0.25, 0.3) is 0 Å². The number of halogens is 1. The number of nitrogens with zero attached hydrogens (tertiary/aromatic N) is 2. The van der Waals surface area contributed by atoms with E-state index in [1.807, 2.05) is 29.2 Å². The van der Waals surface area contributed by atoms with Gasteiger partial charge in [0.25, 0.3) is 0 Å². The second-order valence-electron chi connectivity index (χ2n) is 6.23. The van der Waals surface area contributed by atoms with Gasteiger partial charge in [-0.05, 0) is 30.5 Å². The molecule has 0 fully saturated rings. The van der Waals surface area contributed by atoms with Gasteiger partial charge >= 0.3 is 0 Å². The highest BCUT2D eigenvalue weighted by Gasteiger charge is 2.46. The largest absolute Gasteiger partial charge is 0.366 e. The summed E-state index contributed by atoms with van der Waals surface area (Å²) in [6.45, 7) is 1.58. The zero-order chi connectivity index (χ0) is 15.9. The van der Waals surface area contributed by atoms with Crippen LogP contribution in [0, 0.1) is 5.82 Å². The lowest BCUT2D eigenvalue weighted by molar-refractivity contribution is -0.0683. The Kier molecular flexibility index (Phi) is 3.42. The highest BCUT2D eigenvalue weighted by atomic mass is 19.1. The van der Waals surface area contributed by atoms with Gasteiger partial charge in [0, 0.05) is 30.6 Å². The van der Waals surface area contributed by atoms with E-state index in [1.165, 1.54) is 12.1 Å². The fourth-order valence-corrected chi connectivity index (χ4v) is 3.60. The first-order valence-electron chi connectivity index (χ1n) is 8.07. The molecule has 2 aromatic carbocycles. The van der Waals surface area contributed by atoms with Crippen molar-refractivity contribution in [2.75, 3.05) is 13.1 Å². The number of fused-ring (bicyclic) bond motifs is 3. The fourth-order valence-electron chi connectivity index (χ4n) is 3.60. The summed E-state index contributed by atoms with van der Waals surface area (Å²) in [5, 5.41) is 11.5. The summed E-state index contributed by atoms with van der Waals surface area (Å²) in [7, 11) is 0. The van der Waals surface area contributed by atoms with Gasteiger partial charge < -0.3 is 10.0 Å². The first-order valence-corrected chi connectivity index (χ1v) is 8.07. The molecule has 0 aromatic heterocycles. The predicted molar refractivity (Wildman–Crippen MR) is 87.8 cm³/mol. The van der Waals surface area contributed by atoms with Gasteiger partial charge in [-0.15, -0.1) is 0 Å². The van der Waals surface area contributed by atoms with Crippen molar-refractivity contribution >= 4 is 5.84 Å². The van der Waals surface area contributed by atoms with Crippen molar-refractivity contribution < 1.29 is 9.50 Å². The molecule has 4 rings (SSSR count). The summed E-state index contributed by atoms with van der Waals surface area (Å²) in [4.78, 5) is 6.72. The number of rotatable bonds is 2. The Balaban J connectivity index is 1.80. The molecule has 1 unspecified atom stereocenters. The van der Waals surface area contributed by atoms with Crippen LogP contribution in [-0.2, 0) is 12.1 Å². The molecule has 2 heterocycles. The minimum absolute atomic E-state index is 0.260. The molecule has 118 valence electrons. The van der Waals surface area contributed by atoms with Crippen LogP contribution in [0.4, 0.5) is 4.39 Å². The lowest BCUT2D eigenvalue weighted by Crippen LogP contribution is -2.45. The Bertz CT molecular complexity index is 756. The second kappa shape index (κ2) is 5.46. The smallest absolute Gasteiger partial charge is 0.170 e. The third kappa shape index (κ3) is 2.34. The Morgan fingerprint density at radius 1 is 1.09 bits per heavy atom. The fraction of sp³-hybridized carbons (Fsp3) is 0.316. The van der Waals surface area contributed by atoms with Crippen LogP contribution in [0.1, 0.15) is 29.5 Å². The molecule has 2 aromatic rings. The van der Waals surface area contributed by atoms with Gasteiger partial charge in [0.1, 0.15) is 11.7 Å². The minimum atomic E-state index is -1.11. The molecule has 2 aliphatic heterocycles. The van der Waals surface area contributed by atoms with Gasteiger partial charge in [0.05, 0.1) is 0 Å². The second-order valence-corrected chi connectivity index (χ2v) is 6.23. The van der Waals surface area contributed by atoms with Crippen LogP contribution < -0.4 is 0 Å². The normalized spacial score (nSPS) is 23.0. The van der Waals surface area contributed by atoms with Crippen LogP contribution in [-0.4, -0.2) is 28.9 Å². The third-order valence-corrected chi connectivity index (χ3v) is 4.72. The summed E-state index contributed by atoms with van der Waals surface area (Å²) < 4.78 is 13.2. The lowest BCUT2D eigenvalue weighted by atomic mass is 9.94. The van der Waals surface area contributed by atoms with E-state index in [0.717, 1.165) is 48.5 Å². The van der Waals surface area contributed by atoms with Crippen LogP contribution in [0.2, 0.25) is 0 Å². The molecule has 1 atom stereocenters. The van der Waals surface area contributed by atoms with E-state index in [9.17, 15) is 9.50 Å². The van der Waals surface area contributed by atoms with Crippen LogP contribution in [0.3, 0.4) is 0 Å². The summed E-state index contributed by atoms with van der Waals surface area (Å²) >= 11 is 0. The maximum atomic E-state index is 13.2. The van der Waals surface area contributed by atoms with Gasteiger partial charge in [-0.25, -0.2) is 4.39 Å². The van der Waals surface area contributed by atoms with E-state index in [-0.39, 0.29) is 5.82 Å². The summed E-state index contributed by atoms with van der Waals surface area (Å²) in [6.07, 6.45) is 2.46. The molecule has 2 aliphatic rings. The van der Waals surface area contributed by atoms with Crippen molar-refractivity contribution in [3.8, 4) is 0 Å². The van der Waals surface area contributed by atoms with Gasteiger partial charge in [-0.3, -0.25) is 4.99 Å². The molecule has 0 saturated heterocycles. The molecule has 4 heteroatoms. The molecular formula is C19H19FN2O. The molecule has 1 N–H and O–H groups in total. The van der Waals surface area contributed by atoms with Gasteiger partial charge in [-0.1, -0.05) is 36.4 Å². The average molecular weight is 310 g/mol. The number of aliphatic hydroxyl groups is 1. The number of amidine groups is 1. The number of benzene rings is 2. The number of hydrogen-bond donors (Lipinski definition) is 1. The van der Waals surface area contributed by atoms with Gasteiger partial charge in [0.2, 0.25) is 0 Å². The highest BCUT2D eigenvalue weighted by molar-refractivity contribution is 6.03. The zero-order valence-electron chi connectivity index (χ0n) is 12.9. The Morgan fingerprint density at radius 2 is 1.87 bits per heavy atom. The minimum Gasteiger partial charge on any atom is -0.366 e. The Labute approximate surface area is 135 Å². The standard InChI is InChI=1S/C19H19FN2O/c20-15-9-7-14(8-10-15)13-19(23)17-6-2-1-5-16(17)18-21-11-3-4-12-22(18)19/h1-2,5-10,23H,3-4,11-13H2. The van der Waals surface area contributed by atoms with Crippen LogP contribution in [0.15, 0.2) is 53.5 Å². The van der Waals surface area contributed by atoms with E-state index in [1.54, 1.807) is 12.1 Å². The maximum Gasteiger partial charge on any atom is 0.170 e. The monoisotopic (exact) mass is 310 g/mol. The van der Waals surface area contributed by atoms with Crippen molar-refractivity contribution in [1.82, 2.24) is 4.90 Å². The van der Waals surface area contributed by atoms with E-state index in [2.05, 4.69) is 0 Å². The average Bonchev–Trinajstić information content (AvgIpc) is 2.74. The van der Waals surface area contributed by atoms with Crippen molar-refractivity contribution in [3.63, 3.8) is 0 Å². The van der Waals surface area contributed by atoms with E-state index < -0.39 is 5.72 Å². The van der Waals surface area contributed by atoms with Gasteiger partial charge in [0.15, 0.2) is 5.72 Å².